The molecule has 1 aromatic rings. The smallest absolute Gasteiger partial charge is 0.322 e. The molecule has 0 saturated carbocycles. The van der Waals surface area contributed by atoms with Crippen LogP contribution in [0.3, 0.4) is 0 Å². The maximum atomic E-state index is 11.1. The molecular weight excluding hydrogens is 204 g/mol. The number of rotatable bonds is 3. The van der Waals surface area contributed by atoms with Crippen molar-refractivity contribution in [2.75, 3.05) is 0 Å². The van der Waals surface area contributed by atoms with Gasteiger partial charge in [-0.1, -0.05) is 18.9 Å². The molecule has 2 N–H and O–H groups in total. The first-order chi connectivity index (χ1) is 6.66. The second kappa shape index (κ2) is 4.61. The van der Waals surface area contributed by atoms with Gasteiger partial charge in [0.1, 0.15) is 0 Å². The molecule has 1 heterocycles. The van der Waals surface area contributed by atoms with Crippen LogP contribution >= 0.6 is 12.8 Å². The average Bonchev–Trinajstić information content (AvgIpc) is 2.19. The molecular formula is C8H8N2O3S. The normalized spacial score (nSPS) is 11.8. The van der Waals surface area contributed by atoms with Crippen LogP contribution in [-0.2, 0) is 9.59 Å². The van der Waals surface area contributed by atoms with E-state index in [0.717, 1.165) is 0 Å². The van der Waals surface area contributed by atoms with Crippen LogP contribution in [0.1, 0.15) is 11.6 Å². The molecule has 0 bridgehead atoms. The molecule has 0 aliphatic heterocycles. The van der Waals surface area contributed by atoms with Crippen LogP contribution in [0.15, 0.2) is 24.4 Å². The van der Waals surface area contributed by atoms with E-state index in [1.54, 1.807) is 12.1 Å². The van der Waals surface area contributed by atoms with Crippen LogP contribution in [-0.4, -0.2) is 22.0 Å². The topological polar surface area (TPSA) is 79.3 Å². The van der Waals surface area contributed by atoms with Gasteiger partial charge in [-0.15, -0.1) is 0 Å². The predicted molar refractivity (Wildman–Crippen MR) is 51.7 cm³/mol. The van der Waals surface area contributed by atoms with Gasteiger partial charge in [0, 0.05) is 6.20 Å². The number of carbonyl (C=O) groups is 2. The molecule has 74 valence electrons. The van der Waals surface area contributed by atoms with Crippen molar-refractivity contribution in [3.05, 3.63) is 30.1 Å². The number of carbonyl (C=O) groups excluding carboxylic acids is 1. The highest BCUT2D eigenvalue weighted by Crippen LogP contribution is 2.13. The summed E-state index contributed by atoms with van der Waals surface area (Å²) in [6.07, 6.45) is 1.43. The van der Waals surface area contributed by atoms with Crippen LogP contribution in [0.5, 0.6) is 0 Å². The van der Waals surface area contributed by atoms with Gasteiger partial charge in [-0.05, 0) is 12.1 Å². The van der Waals surface area contributed by atoms with E-state index in [1.807, 2.05) is 4.72 Å². The van der Waals surface area contributed by atoms with Crippen LogP contribution in [0.4, 0.5) is 0 Å². The summed E-state index contributed by atoms with van der Waals surface area (Å²) in [6.45, 7) is 0. The van der Waals surface area contributed by atoms with Crippen molar-refractivity contribution in [1.82, 2.24) is 9.71 Å². The first kappa shape index (κ1) is 10.5. The molecule has 1 unspecified atom stereocenters. The number of hydrogen-bond acceptors (Lipinski definition) is 4. The summed E-state index contributed by atoms with van der Waals surface area (Å²) < 4.78 is 1.98. The quantitative estimate of drug-likeness (QED) is 0.494. The molecule has 6 heteroatoms. The van der Waals surface area contributed by atoms with Gasteiger partial charge in [0.15, 0.2) is 5.92 Å². The van der Waals surface area contributed by atoms with Gasteiger partial charge < -0.3 is 9.83 Å². The van der Waals surface area contributed by atoms with Gasteiger partial charge in [-0.2, -0.15) is 0 Å². The summed E-state index contributed by atoms with van der Waals surface area (Å²) in [5.74, 6) is -3.27. The summed E-state index contributed by atoms with van der Waals surface area (Å²) in [5, 5.41) is 8.79. The Hall–Kier alpha value is -1.56. The second-order valence-corrected chi connectivity index (χ2v) is 2.73. The molecule has 0 spiro atoms. The van der Waals surface area contributed by atoms with Gasteiger partial charge in [-0.25, -0.2) is 0 Å². The molecule has 0 aromatic carbocycles. The number of carboxylic acid groups (broad SMARTS) is 1. The number of nitrogens with one attached hydrogen (secondary N) is 1. The van der Waals surface area contributed by atoms with Crippen molar-refractivity contribution in [1.29, 1.82) is 0 Å². The van der Waals surface area contributed by atoms with Gasteiger partial charge in [0.05, 0.1) is 5.69 Å². The number of pyridine rings is 1. The highest BCUT2D eigenvalue weighted by Gasteiger charge is 2.28. The summed E-state index contributed by atoms with van der Waals surface area (Å²) >= 11 is 3.51. The Morgan fingerprint density at radius 2 is 2.21 bits per heavy atom. The third-order valence-corrected chi connectivity index (χ3v) is 1.82. The number of thiol groups is 1. The minimum atomic E-state index is -1.31. The molecule has 0 fully saturated rings. The average molecular weight is 212 g/mol. The molecule has 5 nitrogen and oxygen atoms in total. The van der Waals surface area contributed by atoms with Crippen molar-refractivity contribution >= 4 is 24.7 Å². The van der Waals surface area contributed by atoms with E-state index < -0.39 is 17.8 Å². The van der Waals surface area contributed by atoms with E-state index in [4.69, 9.17) is 5.11 Å². The second-order valence-electron chi connectivity index (χ2n) is 2.50. The summed E-state index contributed by atoms with van der Waals surface area (Å²) in [5.41, 5.74) is 0.187. The van der Waals surface area contributed by atoms with E-state index in [0.29, 0.717) is 0 Å². The highest BCUT2D eigenvalue weighted by molar-refractivity contribution is 7.78. The Morgan fingerprint density at radius 1 is 1.50 bits per heavy atom. The monoisotopic (exact) mass is 212 g/mol. The lowest BCUT2D eigenvalue weighted by molar-refractivity contribution is -0.142. The van der Waals surface area contributed by atoms with Crippen molar-refractivity contribution in [2.45, 2.75) is 5.92 Å². The molecule has 1 aromatic heterocycles. The number of aromatic nitrogens is 1. The number of aliphatic carboxylic acids is 1. The zero-order chi connectivity index (χ0) is 10.6. The highest BCUT2D eigenvalue weighted by atomic mass is 32.1. The number of carboxylic acids is 1. The Morgan fingerprint density at radius 3 is 2.64 bits per heavy atom. The summed E-state index contributed by atoms with van der Waals surface area (Å²) in [7, 11) is 0. The molecule has 1 amide bonds. The molecule has 0 saturated heterocycles. The fourth-order valence-corrected chi connectivity index (χ4v) is 1.11. The van der Waals surface area contributed by atoms with Crippen LogP contribution in [0, 0.1) is 0 Å². The van der Waals surface area contributed by atoms with E-state index in [-0.39, 0.29) is 5.69 Å². The van der Waals surface area contributed by atoms with E-state index in [1.165, 1.54) is 12.3 Å². The first-order valence-corrected chi connectivity index (χ1v) is 4.19. The summed E-state index contributed by atoms with van der Waals surface area (Å²) in [6, 6.07) is 4.73. The molecule has 0 radical (unpaired) electrons. The van der Waals surface area contributed by atoms with E-state index in [2.05, 4.69) is 17.8 Å². The zero-order valence-corrected chi connectivity index (χ0v) is 7.94. The third kappa shape index (κ3) is 2.23. The SMILES string of the molecule is O=C(O)C(C(=O)NS)c1ccccn1. The molecule has 0 aliphatic rings. The van der Waals surface area contributed by atoms with Crippen LogP contribution in [0.2, 0.25) is 0 Å². The van der Waals surface area contributed by atoms with E-state index >= 15 is 0 Å². The largest absolute Gasteiger partial charge is 0.480 e. The van der Waals surface area contributed by atoms with E-state index in [9.17, 15) is 9.59 Å². The van der Waals surface area contributed by atoms with Gasteiger partial charge >= 0.3 is 5.97 Å². The number of hydrogen-bond donors (Lipinski definition) is 3. The van der Waals surface area contributed by atoms with Crippen molar-refractivity contribution in [2.24, 2.45) is 0 Å². The van der Waals surface area contributed by atoms with Crippen LogP contribution < -0.4 is 4.72 Å². The lowest BCUT2D eigenvalue weighted by Crippen LogP contribution is -2.29. The lowest BCUT2D eigenvalue weighted by Gasteiger charge is -2.08. The van der Waals surface area contributed by atoms with Crippen molar-refractivity contribution < 1.29 is 14.7 Å². The van der Waals surface area contributed by atoms with Gasteiger partial charge in [0.2, 0.25) is 5.91 Å². The number of amides is 1. The van der Waals surface area contributed by atoms with Gasteiger partial charge in [-0.3, -0.25) is 14.6 Å². The fraction of sp³-hybridized carbons (Fsp3) is 0.125. The maximum Gasteiger partial charge on any atom is 0.322 e. The molecule has 0 aliphatic carbocycles. The molecule has 14 heavy (non-hydrogen) atoms. The maximum absolute atomic E-state index is 11.1. The molecule has 1 rings (SSSR count). The first-order valence-electron chi connectivity index (χ1n) is 3.74. The Kier molecular flexibility index (Phi) is 3.47. The third-order valence-electron chi connectivity index (χ3n) is 1.60. The van der Waals surface area contributed by atoms with Crippen molar-refractivity contribution in [3.63, 3.8) is 0 Å². The minimum Gasteiger partial charge on any atom is -0.480 e. The van der Waals surface area contributed by atoms with Crippen molar-refractivity contribution in [3.8, 4) is 0 Å². The standard InChI is InChI=1S/C8H8N2O3S/c11-7(10-14)6(8(12)13)5-3-1-2-4-9-5/h1-4,6,14H,(H,10,11)(H,12,13). The Labute approximate surface area is 85.7 Å². The molecule has 1 atom stereocenters. The lowest BCUT2D eigenvalue weighted by atomic mass is 10.1. The minimum absolute atomic E-state index is 0.187. The number of nitrogens with zero attached hydrogens (tertiary/aromatic N) is 1. The Bertz CT molecular complexity index is 342. The predicted octanol–water partition coefficient (Wildman–Crippen LogP) is 0.211. The Balaban J connectivity index is 3.01. The fourth-order valence-electron chi connectivity index (χ4n) is 0.984. The van der Waals surface area contributed by atoms with Crippen LogP contribution in [0.25, 0.3) is 0 Å². The van der Waals surface area contributed by atoms with Gasteiger partial charge in [0.25, 0.3) is 0 Å². The zero-order valence-electron chi connectivity index (χ0n) is 7.04. The summed E-state index contributed by atoms with van der Waals surface area (Å²) in [4.78, 5) is 25.7.